The molecule has 0 bridgehead atoms. The SMILES string of the molecule is CC/C=C\C/C=C\C/C=C\C/C=C\C/C=C\CCCCCC(=O)OC1C(OCC(COC(=O)CCCCCCC/C=C\C/C=C\CCC)OC(=O)CCCCCCCCCCCCC)OC(C(=O)O)C(O)C1O. The number of allylic oxidation sites excluding steroid dienone is 14. The third kappa shape index (κ3) is 39.0. The molecule has 0 aliphatic carbocycles. The predicted octanol–water partition coefficient (Wildman–Crippen LogP) is 14.3. The van der Waals surface area contributed by atoms with Crippen LogP contribution in [-0.2, 0) is 42.9 Å². The van der Waals surface area contributed by atoms with Gasteiger partial charge in [0.05, 0.1) is 6.61 Å². The van der Waals surface area contributed by atoms with Crippen molar-refractivity contribution in [1.29, 1.82) is 0 Å². The molecule has 0 aromatic carbocycles. The summed E-state index contributed by atoms with van der Waals surface area (Å²) in [6, 6.07) is 0. The van der Waals surface area contributed by atoms with Gasteiger partial charge in [0, 0.05) is 19.3 Å². The molecule has 0 spiro atoms. The highest BCUT2D eigenvalue weighted by Gasteiger charge is 2.50. The summed E-state index contributed by atoms with van der Waals surface area (Å²) in [5.41, 5.74) is 0. The maximum absolute atomic E-state index is 13.1. The van der Waals surface area contributed by atoms with Crippen LogP contribution in [0, 0.1) is 0 Å². The van der Waals surface area contributed by atoms with Crippen molar-refractivity contribution in [1.82, 2.24) is 0 Å². The number of carbonyl (C=O) groups excluding carboxylic acids is 3. The number of aliphatic hydroxyl groups is 2. The van der Waals surface area contributed by atoms with E-state index < -0.39 is 67.3 Å². The Bertz CT molecular complexity index is 1590. The first kappa shape index (κ1) is 66.9. The molecule has 416 valence electrons. The Morgan fingerprint density at radius 1 is 0.466 bits per heavy atom. The number of ether oxygens (including phenoxy) is 5. The zero-order valence-electron chi connectivity index (χ0n) is 45.6. The summed E-state index contributed by atoms with van der Waals surface area (Å²) in [5.74, 6) is -3.18. The van der Waals surface area contributed by atoms with E-state index in [0.717, 1.165) is 122 Å². The molecule has 1 saturated heterocycles. The molecular weight excluding hydrogens is 925 g/mol. The van der Waals surface area contributed by atoms with Crippen molar-refractivity contribution in [3.05, 3.63) is 85.1 Å². The van der Waals surface area contributed by atoms with Crippen LogP contribution in [0.1, 0.15) is 226 Å². The first-order valence-electron chi connectivity index (χ1n) is 28.6. The molecule has 6 unspecified atom stereocenters. The van der Waals surface area contributed by atoms with Gasteiger partial charge in [-0.2, -0.15) is 0 Å². The Morgan fingerprint density at radius 2 is 0.890 bits per heavy atom. The fourth-order valence-corrected chi connectivity index (χ4v) is 8.08. The minimum Gasteiger partial charge on any atom is -0.479 e. The van der Waals surface area contributed by atoms with Crippen molar-refractivity contribution < 1.29 is 58.2 Å². The Morgan fingerprint density at radius 3 is 1.38 bits per heavy atom. The first-order valence-corrected chi connectivity index (χ1v) is 28.6. The maximum Gasteiger partial charge on any atom is 0.335 e. The van der Waals surface area contributed by atoms with Gasteiger partial charge in [0.2, 0.25) is 0 Å². The van der Waals surface area contributed by atoms with Crippen molar-refractivity contribution >= 4 is 23.9 Å². The highest BCUT2D eigenvalue weighted by Crippen LogP contribution is 2.26. The summed E-state index contributed by atoms with van der Waals surface area (Å²) < 4.78 is 28.3. The summed E-state index contributed by atoms with van der Waals surface area (Å²) in [6.45, 7) is 5.77. The zero-order valence-corrected chi connectivity index (χ0v) is 45.6. The van der Waals surface area contributed by atoms with E-state index in [1.165, 1.54) is 44.9 Å². The average Bonchev–Trinajstić information content (AvgIpc) is 3.37. The first-order chi connectivity index (χ1) is 35.6. The number of rotatable bonds is 47. The fraction of sp³-hybridized carbons (Fsp3) is 0.705. The number of aliphatic carboxylic acids is 1. The number of carboxylic acids is 1. The van der Waals surface area contributed by atoms with E-state index in [4.69, 9.17) is 23.7 Å². The molecular formula is C61H100O12. The molecule has 0 aromatic heterocycles. The second-order valence-corrected chi connectivity index (χ2v) is 19.2. The molecule has 1 heterocycles. The molecule has 73 heavy (non-hydrogen) atoms. The van der Waals surface area contributed by atoms with Crippen LogP contribution < -0.4 is 0 Å². The van der Waals surface area contributed by atoms with E-state index in [9.17, 15) is 34.5 Å². The van der Waals surface area contributed by atoms with Crippen molar-refractivity contribution in [2.45, 2.75) is 263 Å². The summed E-state index contributed by atoms with van der Waals surface area (Å²) in [4.78, 5) is 51.0. The van der Waals surface area contributed by atoms with Gasteiger partial charge in [-0.05, 0) is 89.9 Å². The lowest BCUT2D eigenvalue weighted by Crippen LogP contribution is -2.61. The zero-order chi connectivity index (χ0) is 53.3. The Kier molecular flexibility index (Phi) is 44.7. The van der Waals surface area contributed by atoms with Gasteiger partial charge in [-0.15, -0.1) is 0 Å². The van der Waals surface area contributed by atoms with Gasteiger partial charge in [-0.3, -0.25) is 14.4 Å². The quantitative estimate of drug-likeness (QED) is 0.0228. The number of hydrogen-bond acceptors (Lipinski definition) is 11. The number of hydrogen-bond donors (Lipinski definition) is 3. The van der Waals surface area contributed by atoms with Gasteiger partial charge in [0.1, 0.15) is 18.8 Å². The third-order valence-electron chi connectivity index (χ3n) is 12.4. The maximum atomic E-state index is 13.1. The van der Waals surface area contributed by atoms with Crippen molar-refractivity contribution in [2.24, 2.45) is 0 Å². The van der Waals surface area contributed by atoms with Gasteiger partial charge >= 0.3 is 23.9 Å². The van der Waals surface area contributed by atoms with E-state index in [1.807, 2.05) is 0 Å². The van der Waals surface area contributed by atoms with Crippen LogP contribution in [0.15, 0.2) is 85.1 Å². The minimum absolute atomic E-state index is 0.0178. The fourth-order valence-electron chi connectivity index (χ4n) is 8.08. The van der Waals surface area contributed by atoms with Crippen LogP contribution in [0.5, 0.6) is 0 Å². The van der Waals surface area contributed by atoms with Crippen molar-refractivity contribution in [3.8, 4) is 0 Å². The largest absolute Gasteiger partial charge is 0.479 e. The lowest BCUT2D eigenvalue weighted by atomic mass is 9.98. The van der Waals surface area contributed by atoms with Crippen molar-refractivity contribution in [2.75, 3.05) is 13.2 Å². The molecule has 0 saturated carbocycles. The molecule has 6 atom stereocenters. The van der Waals surface area contributed by atoms with Crippen molar-refractivity contribution in [3.63, 3.8) is 0 Å². The van der Waals surface area contributed by atoms with E-state index >= 15 is 0 Å². The van der Waals surface area contributed by atoms with Gasteiger partial charge < -0.3 is 39.0 Å². The topological polar surface area (TPSA) is 175 Å². The Balaban J connectivity index is 2.71. The second kappa shape index (κ2) is 48.8. The summed E-state index contributed by atoms with van der Waals surface area (Å²) >= 11 is 0. The molecule has 0 radical (unpaired) electrons. The molecule has 0 amide bonds. The number of esters is 3. The highest BCUT2D eigenvalue weighted by atomic mass is 16.7. The van der Waals surface area contributed by atoms with Crippen LogP contribution in [0.3, 0.4) is 0 Å². The summed E-state index contributed by atoms with van der Waals surface area (Å²) in [7, 11) is 0. The van der Waals surface area contributed by atoms with E-state index in [0.29, 0.717) is 19.3 Å². The molecule has 12 heteroatoms. The molecule has 1 fully saturated rings. The average molecular weight is 1030 g/mol. The number of carbonyl (C=O) groups is 4. The molecule has 1 aliphatic heterocycles. The smallest absolute Gasteiger partial charge is 0.335 e. The number of unbranched alkanes of at least 4 members (excludes halogenated alkanes) is 19. The lowest BCUT2D eigenvalue weighted by Gasteiger charge is -2.40. The van der Waals surface area contributed by atoms with Gasteiger partial charge in [0.15, 0.2) is 24.6 Å². The molecule has 12 nitrogen and oxygen atoms in total. The van der Waals surface area contributed by atoms with E-state index in [-0.39, 0.29) is 25.9 Å². The molecule has 3 N–H and O–H groups in total. The Hall–Kier alpha value is -4.10. The summed E-state index contributed by atoms with van der Waals surface area (Å²) in [6.07, 6.45) is 49.9. The van der Waals surface area contributed by atoms with E-state index in [1.54, 1.807) is 0 Å². The standard InChI is InChI=1S/C61H100O12/c1-4-7-10-13-16-19-22-24-25-26-27-28-29-31-34-37-40-43-46-49-55(64)72-59-57(66)56(65)58(60(67)68)73-61(59)70-51-52(71-54(63)48-45-42-39-36-32-21-18-15-12-9-6-3)50-69-53(62)47-44-41-38-35-33-30-23-20-17-14-11-8-5-2/h7,10-11,14,16,19-20,23-25,27-28,31,34,52,56-59,61,65-66H,4-6,8-9,12-13,15,17-18,21-22,26,29-30,32-33,35-51H2,1-3H3,(H,67,68)/b10-7-,14-11-,19-16-,23-20-,25-24-,28-27-,34-31-. The van der Waals surface area contributed by atoms with E-state index in [2.05, 4.69) is 106 Å². The van der Waals surface area contributed by atoms with Gasteiger partial charge in [0.25, 0.3) is 0 Å². The van der Waals surface area contributed by atoms with Crippen LogP contribution in [0.4, 0.5) is 0 Å². The molecule has 1 aliphatic rings. The highest BCUT2D eigenvalue weighted by molar-refractivity contribution is 5.74. The predicted molar refractivity (Wildman–Crippen MR) is 294 cm³/mol. The van der Waals surface area contributed by atoms with Crippen LogP contribution in [0.2, 0.25) is 0 Å². The number of aliphatic hydroxyl groups excluding tert-OH is 2. The van der Waals surface area contributed by atoms with Crippen LogP contribution in [-0.4, -0.2) is 89.2 Å². The Labute approximate surface area is 441 Å². The summed E-state index contributed by atoms with van der Waals surface area (Å²) in [5, 5.41) is 31.4. The minimum atomic E-state index is -1.92. The number of carboxylic acid groups (broad SMARTS) is 1. The second-order valence-electron chi connectivity index (χ2n) is 19.2. The molecule has 0 aromatic rings. The lowest BCUT2D eigenvalue weighted by molar-refractivity contribution is -0.301. The van der Waals surface area contributed by atoms with Crippen LogP contribution >= 0.6 is 0 Å². The van der Waals surface area contributed by atoms with Gasteiger partial charge in [-0.25, -0.2) is 4.79 Å². The third-order valence-corrected chi connectivity index (χ3v) is 12.4. The molecule has 1 rings (SSSR count). The normalized spacial score (nSPS) is 18.9. The van der Waals surface area contributed by atoms with Crippen LogP contribution in [0.25, 0.3) is 0 Å². The van der Waals surface area contributed by atoms with Gasteiger partial charge in [-0.1, -0.05) is 202 Å². The monoisotopic (exact) mass is 1020 g/mol.